The quantitative estimate of drug-likeness (QED) is 0.210. The van der Waals surface area contributed by atoms with Gasteiger partial charge in [-0.15, -0.1) is 0 Å². The van der Waals surface area contributed by atoms with Gasteiger partial charge in [-0.3, -0.25) is 9.97 Å². The monoisotopic (exact) mass is 534 g/mol. The molecule has 0 atom stereocenters. The lowest BCUT2D eigenvalue weighted by molar-refractivity contribution is 1.33. The van der Waals surface area contributed by atoms with E-state index >= 15 is 0 Å². The molecule has 0 amide bonds. The first-order valence-electron chi connectivity index (χ1n) is 14.2. The molecule has 8 rings (SSSR count). The van der Waals surface area contributed by atoms with E-state index in [4.69, 9.17) is 0 Å². The van der Waals surface area contributed by atoms with Gasteiger partial charge in [-0.1, -0.05) is 109 Å². The van der Waals surface area contributed by atoms with Crippen molar-refractivity contribution in [3.8, 4) is 44.5 Å². The van der Waals surface area contributed by atoms with E-state index in [1.54, 1.807) is 0 Å². The molecule has 0 saturated carbocycles. The Labute approximate surface area is 244 Å². The van der Waals surface area contributed by atoms with Crippen LogP contribution in [0.25, 0.3) is 76.8 Å². The first-order chi connectivity index (χ1) is 20.8. The molecule has 0 N–H and O–H groups in total. The summed E-state index contributed by atoms with van der Waals surface area (Å²) in [4.78, 5) is 9.33. The van der Waals surface area contributed by atoms with Gasteiger partial charge in [0.2, 0.25) is 0 Å². The fourth-order valence-electron chi connectivity index (χ4n) is 6.18. The maximum Gasteiger partial charge on any atom is 0.0347 e. The lowest BCUT2D eigenvalue weighted by Crippen LogP contribution is -1.91. The van der Waals surface area contributed by atoms with Crippen molar-refractivity contribution in [3.05, 3.63) is 158 Å². The van der Waals surface area contributed by atoms with Gasteiger partial charge >= 0.3 is 0 Å². The molecule has 0 aliphatic carbocycles. The largest absolute Gasteiger partial charge is 0.263 e. The molecule has 2 aromatic heterocycles. The van der Waals surface area contributed by atoms with E-state index in [1.807, 2.05) is 36.9 Å². The molecule has 0 aliphatic rings. The average Bonchev–Trinajstić information content (AvgIpc) is 3.08. The normalized spacial score (nSPS) is 11.3. The summed E-state index contributed by atoms with van der Waals surface area (Å²) in [5, 5.41) is 7.37. The van der Waals surface area contributed by atoms with Crippen LogP contribution in [0.5, 0.6) is 0 Å². The van der Waals surface area contributed by atoms with Crippen molar-refractivity contribution >= 4 is 32.3 Å². The Balaban J connectivity index is 1.39. The summed E-state index contributed by atoms with van der Waals surface area (Å²) < 4.78 is 0. The molecule has 6 aromatic carbocycles. The number of rotatable bonds is 4. The molecule has 42 heavy (non-hydrogen) atoms. The van der Waals surface area contributed by atoms with E-state index in [0.717, 1.165) is 22.3 Å². The van der Waals surface area contributed by atoms with Crippen molar-refractivity contribution in [2.75, 3.05) is 0 Å². The molecule has 0 aliphatic heterocycles. The average molecular weight is 535 g/mol. The molecule has 0 bridgehead atoms. The Kier molecular flexibility index (Phi) is 5.82. The molecule has 2 nitrogen and oxygen atoms in total. The van der Waals surface area contributed by atoms with Crippen molar-refractivity contribution in [2.45, 2.75) is 0 Å². The van der Waals surface area contributed by atoms with Crippen molar-refractivity contribution in [3.63, 3.8) is 0 Å². The molecule has 0 fully saturated rings. The Hall–Kier alpha value is -5.60. The Morgan fingerprint density at radius 2 is 0.619 bits per heavy atom. The van der Waals surface area contributed by atoms with E-state index in [1.165, 1.54) is 54.6 Å². The molecular weight excluding hydrogens is 508 g/mol. The number of benzene rings is 6. The predicted octanol–water partition coefficient (Wildman–Crippen LogP) is 10.6. The summed E-state index contributed by atoms with van der Waals surface area (Å²) in [7, 11) is 0. The smallest absolute Gasteiger partial charge is 0.0347 e. The van der Waals surface area contributed by atoms with Gasteiger partial charge < -0.3 is 0 Å². The number of hydrogen-bond acceptors (Lipinski definition) is 2. The van der Waals surface area contributed by atoms with E-state index in [9.17, 15) is 0 Å². The van der Waals surface area contributed by atoms with E-state index in [0.29, 0.717) is 0 Å². The van der Waals surface area contributed by atoms with Gasteiger partial charge in [-0.2, -0.15) is 0 Å². The molecule has 0 spiro atoms. The van der Waals surface area contributed by atoms with Crippen molar-refractivity contribution in [1.29, 1.82) is 0 Å². The molecule has 2 heteroatoms. The second-order valence-corrected chi connectivity index (χ2v) is 10.7. The van der Waals surface area contributed by atoms with Crippen molar-refractivity contribution in [1.82, 2.24) is 9.97 Å². The van der Waals surface area contributed by atoms with E-state index in [2.05, 4.69) is 131 Å². The molecule has 0 unspecified atom stereocenters. The van der Waals surface area contributed by atoms with Gasteiger partial charge in [0.1, 0.15) is 0 Å². The fraction of sp³-hybridized carbons (Fsp3) is 0. The SMILES string of the molecule is c1ccc(-c2cncc(-c3cc4c5ccccc5c(-c5cncc(-c6ccccc6)c5)cc4c4ccccc34)c2)cc1. The minimum atomic E-state index is 1.11. The number of pyridine rings is 2. The highest BCUT2D eigenvalue weighted by atomic mass is 14.6. The Bertz CT molecular complexity index is 2070. The van der Waals surface area contributed by atoms with E-state index in [-0.39, 0.29) is 0 Å². The molecular formula is C40H26N2. The van der Waals surface area contributed by atoms with Gasteiger partial charge in [-0.05, 0) is 78.8 Å². The van der Waals surface area contributed by atoms with E-state index < -0.39 is 0 Å². The van der Waals surface area contributed by atoms with Crippen molar-refractivity contribution < 1.29 is 0 Å². The zero-order valence-electron chi connectivity index (χ0n) is 22.9. The second-order valence-electron chi connectivity index (χ2n) is 10.7. The molecule has 2 heterocycles. The number of nitrogens with zero attached hydrogens (tertiary/aromatic N) is 2. The highest BCUT2D eigenvalue weighted by molar-refractivity contribution is 6.23. The van der Waals surface area contributed by atoms with Crippen LogP contribution in [0.2, 0.25) is 0 Å². The van der Waals surface area contributed by atoms with Crippen LogP contribution in [0.15, 0.2) is 158 Å². The minimum absolute atomic E-state index is 1.11. The van der Waals surface area contributed by atoms with Gasteiger partial charge in [0, 0.05) is 47.0 Å². The van der Waals surface area contributed by atoms with Crippen LogP contribution in [-0.4, -0.2) is 9.97 Å². The zero-order valence-corrected chi connectivity index (χ0v) is 22.9. The lowest BCUT2D eigenvalue weighted by Gasteiger charge is -2.16. The van der Waals surface area contributed by atoms with Crippen LogP contribution < -0.4 is 0 Å². The third kappa shape index (κ3) is 4.13. The molecule has 0 radical (unpaired) electrons. The summed E-state index contributed by atoms with van der Waals surface area (Å²) in [5.74, 6) is 0. The van der Waals surface area contributed by atoms with Crippen LogP contribution in [0.4, 0.5) is 0 Å². The van der Waals surface area contributed by atoms with Gasteiger partial charge in [0.05, 0.1) is 0 Å². The number of aromatic nitrogens is 2. The summed E-state index contributed by atoms with van der Waals surface area (Å²) in [6.07, 6.45) is 7.86. The van der Waals surface area contributed by atoms with Crippen LogP contribution >= 0.6 is 0 Å². The summed E-state index contributed by atoms with van der Waals surface area (Å²) in [6, 6.07) is 47.6. The second kappa shape index (κ2) is 10.1. The first kappa shape index (κ1) is 24.2. The number of hydrogen-bond donors (Lipinski definition) is 0. The third-order valence-electron chi connectivity index (χ3n) is 8.20. The standard InChI is InChI=1S/C40H26N2/c1-3-11-27(12-4-1)29-19-31(25-41-23-29)37-21-39-36-18-10-8-16-34(36)38(22-40(39)35-17-9-7-15-33(35)37)32-20-30(24-42-26-32)28-13-5-2-6-14-28/h1-26H. The maximum atomic E-state index is 4.67. The fourth-order valence-corrected chi connectivity index (χ4v) is 6.18. The van der Waals surface area contributed by atoms with Gasteiger partial charge in [0.15, 0.2) is 0 Å². The Morgan fingerprint density at radius 3 is 1.05 bits per heavy atom. The summed E-state index contributed by atoms with van der Waals surface area (Å²) in [5.41, 5.74) is 9.16. The predicted molar refractivity (Wildman–Crippen MR) is 176 cm³/mol. The van der Waals surface area contributed by atoms with Crippen LogP contribution in [-0.2, 0) is 0 Å². The maximum absolute atomic E-state index is 4.67. The zero-order chi connectivity index (χ0) is 27.9. The molecule has 196 valence electrons. The lowest BCUT2D eigenvalue weighted by atomic mass is 9.87. The Morgan fingerprint density at radius 1 is 0.262 bits per heavy atom. The highest BCUT2D eigenvalue weighted by Crippen LogP contribution is 2.42. The first-order valence-corrected chi connectivity index (χ1v) is 14.2. The van der Waals surface area contributed by atoms with Crippen molar-refractivity contribution in [2.24, 2.45) is 0 Å². The topological polar surface area (TPSA) is 25.8 Å². The third-order valence-corrected chi connectivity index (χ3v) is 8.20. The van der Waals surface area contributed by atoms with Crippen LogP contribution in [0.1, 0.15) is 0 Å². The van der Waals surface area contributed by atoms with Gasteiger partial charge in [0.25, 0.3) is 0 Å². The summed E-state index contributed by atoms with van der Waals surface area (Å²) in [6.45, 7) is 0. The van der Waals surface area contributed by atoms with Gasteiger partial charge in [-0.25, -0.2) is 0 Å². The van der Waals surface area contributed by atoms with Crippen LogP contribution in [0, 0.1) is 0 Å². The molecule has 0 saturated heterocycles. The molecule has 8 aromatic rings. The summed E-state index contributed by atoms with van der Waals surface area (Å²) >= 11 is 0. The highest BCUT2D eigenvalue weighted by Gasteiger charge is 2.15. The minimum Gasteiger partial charge on any atom is -0.263 e. The van der Waals surface area contributed by atoms with Crippen LogP contribution in [0.3, 0.4) is 0 Å². The number of fused-ring (bicyclic) bond motifs is 5.